The van der Waals surface area contributed by atoms with Crippen molar-refractivity contribution in [3.05, 3.63) is 231 Å². The molecule has 6 nitrogen and oxygen atoms in total. The van der Waals surface area contributed by atoms with E-state index in [1.54, 1.807) is 0 Å². The van der Waals surface area contributed by atoms with Crippen LogP contribution in [0.1, 0.15) is 0 Å². The van der Waals surface area contributed by atoms with Gasteiger partial charge in [0.2, 0.25) is 0 Å². The first-order valence-electron chi connectivity index (χ1n) is 23.2. The number of benzene rings is 10. The quantitative estimate of drug-likeness (QED) is 0.159. The van der Waals surface area contributed by atoms with Crippen LogP contribution in [0.2, 0.25) is 0 Å². The number of hydrogen-bond acceptors (Lipinski definition) is 5. The summed E-state index contributed by atoms with van der Waals surface area (Å²) in [5, 5.41) is 6.58. The Kier molecular flexibility index (Phi) is 8.79. The minimum atomic E-state index is 0.604. The van der Waals surface area contributed by atoms with Crippen LogP contribution in [0.15, 0.2) is 239 Å². The second-order valence-corrected chi connectivity index (χ2v) is 17.5. The van der Waals surface area contributed by atoms with Gasteiger partial charge in [0.05, 0.1) is 22.1 Å². The monoisotopic (exact) mass is 882 g/mol. The van der Waals surface area contributed by atoms with Gasteiger partial charge in [0, 0.05) is 49.2 Å². The highest BCUT2D eigenvalue weighted by Gasteiger charge is 2.23. The van der Waals surface area contributed by atoms with Gasteiger partial charge in [-0.15, -0.1) is 0 Å². The molecule has 69 heavy (non-hydrogen) atoms. The molecule has 322 valence electrons. The van der Waals surface area contributed by atoms with E-state index in [4.69, 9.17) is 23.8 Å². The summed E-state index contributed by atoms with van der Waals surface area (Å²) in [4.78, 5) is 15.0. The number of rotatable bonds is 7. The first-order valence-corrected chi connectivity index (χ1v) is 23.2. The summed E-state index contributed by atoms with van der Waals surface area (Å²) in [7, 11) is 0. The summed E-state index contributed by atoms with van der Waals surface area (Å²) in [5.41, 5.74) is 15.7. The van der Waals surface area contributed by atoms with Crippen molar-refractivity contribution in [1.29, 1.82) is 0 Å². The molecule has 6 heteroatoms. The van der Waals surface area contributed by atoms with Crippen LogP contribution in [0.5, 0.6) is 0 Å². The van der Waals surface area contributed by atoms with E-state index < -0.39 is 0 Å². The summed E-state index contributed by atoms with van der Waals surface area (Å²) in [5.74, 6) is 1.85. The lowest BCUT2D eigenvalue weighted by molar-refractivity contribution is 0.668. The lowest BCUT2D eigenvalue weighted by atomic mass is 9.95. The Morgan fingerprint density at radius 1 is 0.290 bits per heavy atom. The molecule has 0 fully saturated rings. The summed E-state index contributed by atoms with van der Waals surface area (Å²) < 4.78 is 16.1. The van der Waals surface area contributed by atoms with Crippen LogP contribution in [0.25, 0.3) is 139 Å². The molecule has 0 amide bonds. The van der Waals surface area contributed by atoms with Crippen LogP contribution < -0.4 is 0 Å². The third-order valence-corrected chi connectivity index (χ3v) is 13.4. The summed E-state index contributed by atoms with van der Waals surface area (Å²) >= 11 is 0. The van der Waals surface area contributed by atoms with E-state index >= 15 is 0 Å². The van der Waals surface area contributed by atoms with Crippen molar-refractivity contribution < 1.29 is 8.83 Å². The molecule has 0 aliphatic carbocycles. The standard InChI is InChI=1S/C63H38N4O2/c1-4-17-39(18-5-1)42-33-34-53-51(36-42)48-25-10-12-30-52(48)67(53)54-37-45(38-57-59(54)49-26-11-13-31-55(49)68-57)47-28-15-29-50-58-46(27-16-32-56(58)69-60(47)50)43-23-14-24-44(35-43)63-65-61(40-19-6-2-7-20-40)64-62(66-63)41-21-8-3-9-22-41/h1-38H. The van der Waals surface area contributed by atoms with E-state index in [1.807, 2.05) is 66.7 Å². The molecule has 0 saturated carbocycles. The van der Waals surface area contributed by atoms with E-state index in [0.29, 0.717) is 17.5 Å². The van der Waals surface area contributed by atoms with Gasteiger partial charge in [-0.05, 0) is 76.3 Å². The minimum absolute atomic E-state index is 0.604. The number of fused-ring (bicyclic) bond motifs is 9. The van der Waals surface area contributed by atoms with Gasteiger partial charge in [-0.2, -0.15) is 0 Å². The summed E-state index contributed by atoms with van der Waals surface area (Å²) in [6.45, 7) is 0. The van der Waals surface area contributed by atoms with Crippen LogP contribution in [0.3, 0.4) is 0 Å². The van der Waals surface area contributed by atoms with Crippen LogP contribution in [-0.2, 0) is 0 Å². The minimum Gasteiger partial charge on any atom is -0.456 e. The van der Waals surface area contributed by atoms with Crippen LogP contribution in [0.4, 0.5) is 0 Å². The van der Waals surface area contributed by atoms with Crippen LogP contribution in [-0.4, -0.2) is 19.5 Å². The smallest absolute Gasteiger partial charge is 0.164 e. The largest absolute Gasteiger partial charge is 0.456 e. The Morgan fingerprint density at radius 2 is 0.855 bits per heavy atom. The molecule has 4 heterocycles. The van der Waals surface area contributed by atoms with Crippen molar-refractivity contribution in [3.63, 3.8) is 0 Å². The Hall–Kier alpha value is -9.39. The molecule has 0 N–H and O–H groups in total. The SMILES string of the molecule is c1ccc(-c2ccc3c(c2)c2ccccc2n3-c2cc(-c3cccc4c3oc3cccc(-c5cccc(-c6nc(-c7ccccc7)nc(-c7ccccc7)n6)c5)c34)cc3oc4ccccc4c23)cc1. The normalized spacial score (nSPS) is 11.8. The van der Waals surface area contributed by atoms with E-state index in [0.717, 1.165) is 99.5 Å². The molecule has 14 aromatic rings. The molecule has 0 atom stereocenters. The third kappa shape index (κ3) is 6.38. The molecule has 0 saturated heterocycles. The molecule has 0 unspecified atom stereocenters. The zero-order chi connectivity index (χ0) is 45.4. The van der Waals surface area contributed by atoms with Gasteiger partial charge in [-0.3, -0.25) is 0 Å². The number of hydrogen-bond donors (Lipinski definition) is 0. The van der Waals surface area contributed by atoms with Crippen molar-refractivity contribution in [2.75, 3.05) is 0 Å². The van der Waals surface area contributed by atoms with Crippen molar-refractivity contribution in [2.24, 2.45) is 0 Å². The Bertz CT molecular complexity index is 4250. The maximum absolute atomic E-state index is 6.97. The van der Waals surface area contributed by atoms with Gasteiger partial charge < -0.3 is 13.4 Å². The van der Waals surface area contributed by atoms with Gasteiger partial charge in [-0.1, -0.05) is 182 Å². The number of aromatic nitrogens is 4. The van der Waals surface area contributed by atoms with Crippen molar-refractivity contribution in [1.82, 2.24) is 19.5 Å². The first kappa shape index (κ1) is 38.8. The topological polar surface area (TPSA) is 69.9 Å². The molecule has 0 aliphatic rings. The zero-order valence-corrected chi connectivity index (χ0v) is 37.0. The average molecular weight is 883 g/mol. The molecule has 14 rings (SSSR count). The molecule has 4 aromatic heterocycles. The predicted octanol–water partition coefficient (Wildman–Crippen LogP) is 16.8. The first-order chi connectivity index (χ1) is 34.2. The van der Waals surface area contributed by atoms with Crippen molar-refractivity contribution in [3.8, 4) is 73.2 Å². The third-order valence-electron chi connectivity index (χ3n) is 13.4. The van der Waals surface area contributed by atoms with Crippen LogP contribution >= 0.6 is 0 Å². The van der Waals surface area contributed by atoms with Gasteiger partial charge >= 0.3 is 0 Å². The lowest BCUT2D eigenvalue weighted by Crippen LogP contribution is -2.00. The molecular formula is C63H38N4O2. The van der Waals surface area contributed by atoms with E-state index in [9.17, 15) is 0 Å². The maximum atomic E-state index is 6.97. The number of furan rings is 2. The Morgan fingerprint density at radius 3 is 1.62 bits per heavy atom. The zero-order valence-electron chi connectivity index (χ0n) is 37.0. The summed E-state index contributed by atoms with van der Waals surface area (Å²) in [6.07, 6.45) is 0. The van der Waals surface area contributed by atoms with Crippen molar-refractivity contribution in [2.45, 2.75) is 0 Å². The van der Waals surface area contributed by atoms with Gasteiger partial charge in [0.25, 0.3) is 0 Å². The highest BCUT2D eigenvalue weighted by Crippen LogP contribution is 2.45. The van der Waals surface area contributed by atoms with Crippen LogP contribution in [0, 0.1) is 0 Å². The fourth-order valence-corrected chi connectivity index (χ4v) is 10.3. The van der Waals surface area contributed by atoms with Gasteiger partial charge in [-0.25, -0.2) is 15.0 Å². The van der Waals surface area contributed by atoms with E-state index in [2.05, 4.69) is 168 Å². The fraction of sp³-hybridized carbons (Fsp3) is 0. The van der Waals surface area contributed by atoms with E-state index in [1.165, 1.54) is 21.9 Å². The summed E-state index contributed by atoms with van der Waals surface area (Å²) in [6, 6.07) is 80.3. The second-order valence-electron chi connectivity index (χ2n) is 17.5. The molecule has 0 spiro atoms. The Balaban J connectivity index is 0.947. The van der Waals surface area contributed by atoms with Crippen molar-refractivity contribution >= 4 is 65.7 Å². The molecule has 0 radical (unpaired) electrons. The average Bonchev–Trinajstić information content (AvgIpc) is 4.11. The van der Waals surface area contributed by atoms with Gasteiger partial charge in [0.1, 0.15) is 22.3 Å². The second kappa shape index (κ2) is 15.6. The number of para-hydroxylation sites is 3. The number of nitrogens with zero attached hydrogens (tertiary/aromatic N) is 4. The molecule has 0 bridgehead atoms. The van der Waals surface area contributed by atoms with E-state index in [-0.39, 0.29) is 0 Å². The van der Waals surface area contributed by atoms with Gasteiger partial charge in [0.15, 0.2) is 17.5 Å². The molecular weight excluding hydrogens is 845 g/mol. The molecule has 0 aliphatic heterocycles. The lowest BCUT2D eigenvalue weighted by Gasteiger charge is -2.13. The highest BCUT2D eigenvalue weighted by atomic mass is 16.3. The highest BCUT2D eigenvalue weighted by molar-refractivity contribution is 6.18. The Labute approximate surface area is 396 Å². The fourth-order valence-electron chi connectivity index (χ4n) is 10.3. The maximum Gasteiger partial charge on any atom is 0.164 e. The molecule has 10 aromatic carbocycles. The predicted molar refractivity (Wildman–Crippen MR) is 281 cm³/mol.